The van der Waals surface area contributed by atoms with E-state index in [1.54, 1.807) is 13.0 Å². The molecule has 2 aromatic carbocycles. The molecule has 0 saturated carbocycles. The average Bonchev–Trinajstić information content (AvgIpc) is 2.98. The van der Waals surface area contributed by atoms with Crippen LogP contribution in [0.5, 0.6) is 11.5 Å². The second-order valence-corrected chi connectivity index (χ2v) is 6.02. The normalized spacial score (nSPS) is 10.5. The predicted octanol–water partition coefficient (Wildman–Crippen LogP) is 4.45. The summed E-state index contributed by atoms with van der Waals surface area (Å²) in [6.45, 7) is 5.22. The van der Waals surface area contributed by atoms with Crippen molar-refractivity contribution in [1.82, 2.24) is 4.98 Å². The molecular weight excluding hydrogens is 310 g/mol. The minimum absolute atomic E-state index is 0.325. The van der Waals surface area contributed by atoms with Crippen LogP contribution in [0.25, 0.3) is 20.8 Å². The number of methoxy groups -OCH3 is 1. The van der Waals surface area contributed by atoms with Crippen molar-refractivity contribution in [2.45, 2.75) is 6.92 Å². The molecule has 0 bridgehead atoms. The number of ether oxygens (including phenoxy) is 2. The van der Waals surface area contributed by atoms with Crippen LogP contribution < -0.4 is 9.47 Å². The standard InChI is InChI=1S/C18H15NO3S/c1-11(2)18(20)22-16-12(7-6-9-14(16)21-3)17-19-13-8-4-5-10-15(13)23-17/h4-10H,1H2,2-3H3. The topological polar surface area (TPSA) is 48.4 Å². The van der Waals surface area contributed by atoms with E-state index in [0.29, 0.717) is 17.1 Å². The number of nitrogens with zero attached hydrogens (tertiary/aromatic N) is 1. The van der Waals surface area contributed by atoms with Crippen LogP contribution in [0.1, 0.15) is 6.92 Å². The minimum Gasteiger partial charge on any atom is -0.493 e. The lowest BCUT2D eigenvalue weighted by molar-refractivity contribution is -0.130. The van der Waals surface area contributed by atoms with Gasteiger partial charge in [-0.1, -0.05) is 24.8 Å². The molecule has 0 fully saturated rings. The van der Waals surface area contributed by atoms with Crippen molar-refractivity contribution in [3.8, 4) is 22.1 Å². The Bertz CT molecular complexity index is 865. The maximum absolute atomic E-state index is 11.9. The number of benzene rings is 2. The first-order chi connectivity index (χ1) is 11.1. The summed E-state index contributed by atoms with van der Waals surface area (Å²) in [5.74, 6) is 0.357. The smallest absolute Gasteiger partial charge is 0.338 e. The SMILES string of the molecule is C=C(C)C(=O)Oc1c(OC)cccc1-c1nc2ccccc2s1. The highest BCUT2D eigenvalue weighted by Crippen LogP contribution is 2.41. The number of thiazole rings is 1. The van der Waals surface area contributed by atoms with E-state index in [9.17, 15) is 4.79 Å². The van der Waals surface area contributed by atoms with Gasteiger partial charge in [-0.3, -0.25) is 0 Å². The predicted molar refractivity (Wildman–Crippen MR) is 92.1 cm³/mol. The molecule has 0 radical (unpaired) electrons. The fourth-order valence-electron chi connectivity index (χ4n) is 2.12. The zero-order chi connectivity index (χ0) is 16.4. The Hall–Kier alpha value is -2.66. The van der Waals surface area contributed by atoms with E-state index < -0.39 is 5.97 Å². The number of carbonyl (C=O) groups excluding carboxylic acids is 1. The fraction of sp³-hybridized carbons (Fsp3) is 0.111. The van der Waals surface area contributed by atoms with Gasteiger partial charge in [0.2, 0.25) is 0 Å². The number of carbonyl (C=O) groups is 1. The first kappa shape index (κ1) is 15.2. The van der Waals surface area contributed by atoms with Gasteiger partial charge in [0.1, 0.15) is 5.01 Å². The molecule has 1 aromatic heterocycles. The highest BCUT2D eigenvalue weighted by Gasteiger charge is 2.19. The van der Waals surface area contributed by atoms with E-state index in [1.165, 1.54) is 18.4 Å². The van der Waals surface area contributed by atoms with E-state index in [1.807, 2.05) is 36.4 Å². The van der Waals surface area contributed by atoms with Crippen molar-refractivity contribution >= 4 is 27.5 Å². The van der Waals surface area contributed by atoms with Crippen LogP contribution in [0.3, 0.4) is 0 Å². The molecule has 4 nitrogen and oxygen atoms in total. The first-order valence-corrected chi connectivity index (χ1v) is 7.82. The van der Waals surface area contributed by atoms with Crippen LogP contribution >= 0.6 is 11.3 Å². The first-order valence-electron chi connectivity index (χ1n) is 7.01. The molecule has 0 aliphatic rings. The average molecular weight is 325 g/mol. The van der Waals surface area contributed by atoms with Gasteiger partial charge in [-0.2, -0.15) is 0 Å². The van der Waals surface area contributed by atoms with Crippen LogP contribution in [-0.2, 0) is 4.79 Å². The third-order valence-corrected chi connectivity index (χ3v) is 4.34. The number of para-hydroxylation sites is 2. The quantitative estimate of drug-likeness (QED) is 0.404. The van der Waals surface area contributed by atoms with E-state index in [-0.39, 0.29) is 0 Å². The molecular formula is C18H15NO3S. The lowest BCUT2D eigenvalue weighted by atomic mass is 10.2. The molecule has 0 aliphatic heterocycles. The van der Waals surface area contributed by atoms with Crippen molar-refractivity contribution in [3.63, 3.8) is 0 Å². The second kappa shape index (κ2) is 6.22. The Morgan fingerprint density at radius 3 is 2.65 bits per heavy atom. The molecule has 116 valence electrons. The zero-order valence-electron chi connectivity index (χ0n) is 12.8. The number of esters is 1. The molecule has 0 aliphatic carbocycles. The van der Waals surface area contributed by atoms with E-state index in [4.69, 9.17) is 9.47 Å². The number of hydrogen-bond acceptors (Lipinski definition) is 5. The molecule has 3 rings (SSSR count). The summed E-state index contributed by atoms with van der Waals surface area (Å²) < 4.78 is 11.9. The van der Waals surface area contributed by atoms with Gasteiger partial charge < -0.3 is 9.47 Å². The molecule has 5 heteroatoms. The van der Waals surface area contributed by atoms with Crippen molar-refractivity contribution in [1.29, 1.82) is 0 Å². The van der Waals surface area contributed by atoms with E-state index >= 15 is 0 Å². The van der Waals surface area contributed by atoms with Gasteiger partial charge in [0.25, 0.3) is 0 Å². The van der Waals surface area contributed by atoms with Gasteiger partial charge in [-0.15, -0.1) is 11.3 Å². The van der Waals surface area contributed by atoms with Crippen LogP contribution in [0, 0.1) is 0 Å². The zero-order valence-corrected chi connectivity index (χ0v) is 13.6. The molecule has 0 saturated heterocycles. The van der Waals surface area contributed by atoms with Gasteiger partial charge >= 0.3 is 5.97 Å². The van der Waals surface area contributed by atoms with E-state index in [0.717, 1.165) is 20.8 Å². The lowest BCUT2D eigenvalue weighted by Gasteiger charge is -2.12. The number of rotatable bonds is 4. The third kappa shape index (κ3) is 2.96. The van der Waals surface area contributed by atoms with Crippen LogP contribution in [0.2, 0.25) is 0 Å². The molecule has 3 aromatic rings. The summed E-state index contributed by atoms with van der Waals surface area (Å²) in [4.78, 5) is 16.6. The second-order valence-electron chi connectivity index (χ2n) is 4.99. The Morgan fingerprint density at radius 1 is 1.17 bits per heavy atom. The molecule has 1 heterocycles. The van der Waals surface area contributed by atoms with Gasteiger partial charge in [0.15, 0.2) is 11.5 Å². The number of hydrogen-bond donors (Lipinski definition) is 0. The minimum atomic E-state index is -0.489. The molecule has 0 atom stereocenters. The third-order valence-electron chi connectivity index (χ3n) is 3.27. The summed E-state index contributed by atoms with van der Waals surface area (Å²) in [6.07, 6.45) is 0. The van der Waals surface area contributed by atoms with Gasteiger partial charge in [0.05, 0.1) is 22.9 Å². The molecule has 0 unspecified atom stereocenters. The van der Waals surface area contributed by atoms with Gasteiger partial charge in [-0.05, 0) is 31.2 Å². The highest BCUT2D eigenvalue weighted by atomic mass is 32.1. The maximum Gasteiger partial charge on any atom is 0.338 e. The summed E-state index contributed by atoms with van der Waals surface area (Å²) in [7, 11) is 1.54. The summed E-state index contributed by atoms with van der Waals surface area (Å²) >= 11 is 1.54. The molecule has 0 N–H and O–H groups in total. The Kier molecular flexibility index (Phi) is 4.12. The monoisotopic (exact) mass is 325 g/mol. The maximum atomic E-state index is 11.9. The Balaban J connectivity index is 2.14. The Labute approximate surface area is 138 Å². The van der Waals surface area contributed by atoms with Crippen molar-refractivity contribution in [2.24, 2.45) is 0 Å². The lowest BCUT2D eigenvalue weighted by Crippen LogP contribution is -2.10. The number of aromatic nitrogens is 1. The van der Waals surface area contributed by atoms with Crippen LogP contribution in [0.4, 0.5) is 0 Å². The van der Waals surface area contributed by atoms with Crippen molar-refractivity contribution in [3.05, 3.63) is 54.6 Å². The summed E-state index contributed by atoms with van der Waals surface area (Å²) in [6, 6.07) is 13.3. The van der Waals surface area contributed by atoms with Gasteiger partial charge in [0, 0.05) is 5.57 Å². The largest absolute Gasteiger partial charge is 0.493 e. The summed E-state index contributed by atoms with van der Waals surface area (Å²) in [5, 5.41) is 0.773. The highest BCUT2D eigenvalue weighted by molar-refractivity contribution is 7.21. The molecule has 23 heavy (non-hydrogen) atoms. The Morgan fingerprint density at radius 2 is 1.96 bits per heavy atom. The van der Waals surface area contributed by atoms with Gasteiger partial charge in [-0.25, -0.2) is 9.78 Å². The van der Waals surface area contributed by atoms with Crippen LogP contribution in [0.15, 0.2) is 54.6 Å². The van der Waals surface area contributed by atoms with Crippen molar-refractivity contribution in [2.75, 3.05) is 7.11 Å². The molecule has 0 amide bonds. The van der Waals surface area contributed by atoms with Crippen LogP contribution in [-0.4, -0.2) is 18.1 Å². The fourth-order valence-corrected chi connectivity index (χ4v) is 3.11. The van der Waals surface area contributed by atoms with Crippen molar-refractivity contribution < 1.29 is 14.3 Å². The van der Waals surface area contributed by atoms with E-state index in [2.05, 4.69) is 11.6 Å². The summed E-state index contributed by atoms with van der Waals surface area (Å²) in [5.41, 5.74) is 1.96. The molecule has 0 spiro atoms. The number of fused-ring (bicyclic) bond motifs is 1.